The molecule has 7 heteroatoms. The number of hydrogen-bond acceptors (Lipinski definition) is 5. The van der Waals surface area contributed by atoms with Crippen LogP contribution in [-0.2, 0) is 0 Å². The van der Waals surface area contributed by atoms with Crippen molar-refractivity contribution in [1.82, 2.24) is 9.97 Å². The Kier molecular flexibility index (Phi) is 3.15. The van der Waals surface area contributed by atoms with Crippen molar-refractivity contribution in [2.24, 2.45) is 0 Å². The van der Waals surface area contributed by atoms with Gasteiger partial charge >= 0.3 is 0 Å². The van der Waals surface area contributed by atoms with Crippen molar-refractivity contribution in [3.05, 3.63) is 52.1 Å². The Morgan fingerprint density at radius 1 is 1.35 bits per heavy atom. The molecule has 17 heavy (non-hydrogen) atoms. The second-order valence-corrected chi connectivity index (χ2v) is 3.48. The zero-order valence-electron chi connectivity index (χ0n) is 8.50. The van der Waals surface area contributed by atoms with Crippen LogP contribution in [0.25, 0.3) is 0 Å². The van der Waals surface area contributed by atoms with Gasteiger partial charge < -0.3 is 5.32 Å². The van der Waals surface area contributed by atoms with E-state index in [-0.39, 0.29) is 16.5 Å². The SMILES string of the molecule is O=[N+]([O-])c1ccnc(Cl)c1Nc1cccnc1. The van der Waals surface area contributed by atoms with Gasteiger partial charge in [0.2, 0.25) is 0 Å². The molecule has 2 aromatic rings. The number of halogens is 1. The summed E-state index contributed by atoms with van der Waals surface area (Å²) < 4.78 is 0. The highest BCUT2D eigenvalue weighted by molar-refractivity contribution is 6.32. The van der Waals surface area contributed by atoms with Gasteiger partial charge in [0, 0.05) is 18.5 Å². The van der Waals surface area contributed by atoms with Crippen LogP contribution in [0.3, 0.4) is 0 Å². The van der Waals surface area contributed by atoms with Crippen LogP contribution in [0.15, 0.2) is 36.8 Å². The first-order valence-corrected chi connectivity index (χ1v) is 5.02. The molecule has 2 rings (SSSR count). The number of hydrogen-bond donors (Lipinski definition) is 1. The summed E-state index contributed by atoms with van der Waals surface area (Å²) in [7, 11) is 0. The highest BCUT2D eigenvalue weighted by Crippen LogP contribution is 2.32. The van der Waals surface area contributed by atoms with Crippen molar-refractivity contribution in [2.75, 3.05) is 5.32 Å². The highest BCUT2D eigenvalue weighted by atomic mass is 35.5. The maximum Gasteiger partial charge on any atom is 0.297 e. The minimum absolute atomic E-state index is 0.0445. The van der Waals surface area contributed by atoms with E-state index >= 15 is 0 Å². The molecule has 0 saturated heterocycles. The Balaban J connectivity index is 2.41. The zero-order chi connectivity index (χ0) is 12.3. The molecule has 0 fully saturated rings. The number of anilines is 2. The van der Waals surface area contributed by atoms with Gasteiger partial charge in [-0.1, -0.05) is 11.6 Å². The van der Waals surface area contributed by atoms with Crippen LogP contribution in [0.1, 0.15) is 0 Å². The van der Waals surface area contributed by atoms with Crippen LogP contribution < -0.4 is 5.32 Å². The molecule has 0 atom stereocenters. The van der Waals surface area contributed by atoms with Gasteiger partial charge in [0.1, 0.15) is 0 Å². The molecule has 0 aliphatic carbocycles. The first kappa shape index (κ1) is 11.3. The van der Waals surface area contributed by atoms with Crippen LogP contribution >= 0.6 is 11.6 Å². The molecule has 0 saturated carbocycles. The van der Waals surface area contributed by atoms with Gasteiger partial charge in [0.05, 0.1) is 16.8 Å². The molecular weight excluding hydrogens is 244 g/mol. The largest absolute Gasteiger partial charge is 0.346 e. The third kappa shape index (κ3) is 2.48. The second kappa shape index (κ2) is 4.75. The summed E-state index contributed by atoms with van der Waals surface area (Å²) in [5.74, 6) is 0. The quantitative estimate of drug-likeness (QED) is 0.515. The maximum atomic E-state index is 10.8. The average molecular weight is 251 g/mol. The lowest BCUT2D eigenvalue weighted by Gasteiger charge is -2.07. The Bertz CT molecular complexity index is 547. The molecule has 0 aliphatic rings. The molecule has 0 unspecified atom stereocenters. The molecule has 6 nitrogen and oxygen atoms in total. The molecule has 0 aromatic carbocycles. The minimum Gasteiger partial charge on any atom is -0.346 e. The molecule has 2 heterocycles. The lowest BCUT2D eigenvalue weighted by molar-refractivity contribution is -0.384. The van der Waals surface area contributed by atoms with E-state index in [0.717, 1.165) is 0 Å². The third-order valence-corrected chi connectivity index (χ3v) is 2.30. The van der Waals surface area contributed by atoms with E-state index in [9.17, 15) is 10.1 Å². The fourth-order valence-corrected chi connectivity index (χ4v) is 1.48. The molecule has 1 N–H and O–H groups in total. The normalized spacial score (nSPS) is 9.94. The lowest BCUT2D eigenvalue weighted by Crippen LogP contribution is -1.99. The summed E-state index contributed by atoms with van der Waals surface area (Å²) >= 11 is 5.82. The van der Waals surface area contributed by atoms with Gasteiger partial charge in [-0.15, -0.1) is 0 Å². The Morgan fingerprint density at radius 3 is 2.82 bits per heavy atom. The van der Waals surface area contributed by atoms with E-state index < -0.39 is 4.92 Å². The fraction of sp³-hybridized carbons (Fsp3) is 0. The first-order valence-electron chi connectivity index (χ1n) is 4.64. The van der Waals surface area contributed by atoms with Gasteiger partial charge in [-0.2, -0.15) is 0 Å². The molecule has 0 radical (unpaired) electrons. The van der Waals surface area contributed by atoms with Crippen LogP contribution in [0.4, 0.5) is 17.1 Å². The van der Waals surface area contributed by atoms with E-state index in [1.54, 1.807) is 18.3 Å². The Morgan fingerprint density at radius 2 is 2.18 bits per heavy atom. The number of nitrogens with one attached hydrogen (secondary N) is 1. The average Bonchev–Trinajstić information content (AvgIpc) is 2.33. The van der Waals surface area contributed by atoms with E-state index in [4.69, 9.17) is 11.6 Å². The van der Waals surface area contributed by atoms with Crippen LogP contribution in [-0.4, -0.2) is 14.9 Å². The van der Waals surface area contributed by atoms with Gasteiger partial charge in [0.25, 0.3) is 5.69 Å². The van der Waals surface area contributed by atoms with Crippen LogP contribution in [0, 0.1) is 10.1 Å². The van der Waals surface area contributed by atoms with E-state index in [0.29, 0.717) is 5.69 Å². The topological polar surface area (TPSA) is 81.0 Å². The summed E-state index contributed by atoms with van der Waals surface area (Å²) in [6.07, 6.45) is 4.42. The number of nitrogens with zero attached hydrogens (tertiary/aromatic N) is 3. The third-order valence-electron chi connectivity index (χ3n) is 2.01. The van der Waals surface area contributed by atoms with Gasteiger partial charge in [0.15, 0.2) is 10.8 Å². The van der Waals surface area contributed by atoms with Crippen molar-refractivity contribution in [3.8, 4) is 0 Å². The predicted octanol–water partition coefficient (Wildman–Crippen LogP) is 2.78. The van der Waals surface area contributed by atoms with E-state index in [1.807, 2.05) is 0 Å². The maximum absolute atomic E-state index is 10.8. The molecule has 0 bridgehead atoms. The lowest BCUT2D eigenvalue weighted by atomic mass is 10.3. The number of aromatic nitrogens is 2. The first-order chi connectivity index (χ1) is 8.18. The summed E-state index contributed by atoms with van der Waals surface area (Å²) in [4.78, 5) is 18.0. The summed E-state index contributed by atoms with van der Waals surface area (Å²) in [6.45, 7) is 0. The fourth-order valence-electron chi connectivity index (χ4n) is 1.28. The van der Waals surface area contributed by atoms with Crippen molar-refractivity contribution in [2.45, 2.75) is 0 Å². The monoisotopic (exact) mass is 250 g/mol. The van der Waals surface area contributed by atoms with Crippen molar-refractivity contribution < 1.29 is 4.92 Å². The van der Waals surface area contributed by atoms with E-state index in [2.05, 4.69) is 15.3 Å². The van der Waals surface area contributed by atoms with Crippen molar-refractivity contribution in [3.63, 3.8) is 0 Å². The predicted molar refractivity (Wildman–Crippen MR) is 63.4 cm³/mol. The van der Waals surface area contributed by atoms with Gasteiger partial charge in [-0.3, -0.25) is 15.1 Å². The van der Waals surface area contributed by atoms with Crippen LogP contribution in [0.2, 0.25) is 5.15 Å². The molecule has 0 aliphatic heterocycles. The Hall–Kier alpha value is -2.21. The second-order valence-electron chi connectivity index (χ2n) is 3.12. The summed E-state index contributed by atoms with van der Waals surface area (Å²) in [6, 6.07) is 4.71. The highest BCUT2D eigenvalue weighted by Gasteiger charge is 2.17. The number of pyridine rings is 2. The number of nitro groups is 1. The summed E-state index contributed by atoms with van der Waals surface area (Å²) in [5, 5.41) is 13.7. The van der Waals surface area contributed by atoms with Crippen molar-refractivity contribution in [1.29, 1.82) is 0 Å². The number of rotatable bonds is 3. The molecule has 86 valence electrons. The van der Waals surface area contributed by atoms with Gasteiger partial charge in [-0.05, 0) is 12.1 Å². The summed E-state index contributed by atoms with van der Waals surface area (Å²) in [5.41, 5.74) is 0.631. The zero-order valence-corrected chi connectivity index (χ0v) is 9.26. The van der Waals surface area contributed by atoms with Crippen LogP contribution in [0.5, 0.6) is 0 Å². The smallest absolute Gasteiger partial charge is 0.297 e. The standard InChI is InChI=1S/C10H7ClN4O2/c11-10-9(8(15(16)17)3-5-13-10)14-7-2-1-4-12-6-7/h1-6,14H. The molecule has 2 aromatic heterocycles. The van der Waals surface area contributed by atoms with E-state index in [1.165, 1.54) is 18.5 Å². The Labute approximate surface area is 101 Å². The molecular formula is C10H7ClN4O2. The molecule has 0 amide bonds. The van der Waals surface area contributed by atoms with Gasteiger partial charge in [-0.25, -0.2) is 4.98 Å². The minimum atomic E-state index is -0.522. The molecule has 0 spiro atoms. The van der Waals surface area contributed by atoms with Crippen molar-refractivity contribution >= 4 is 28.7 Å².